The number of nitrogens with one attached hydrogen (secondary N) is 3. The van der Waals surface area contributed by atoms with Crippen molar-refractivity contribution in [3.8, 4) is 11.5 Å². The van der Waals surface area contributed by atoms with E-state index in [1.54, 1.807) is 14.2 Å². The van der Waals surface area contributed by atoms with Gasteiger partial charge in [0.05, 0.1) is 19.7 Å². The van der Waals surface area contributed by atoms with Crippen LogP contribution in [0, 0.1) is 0 Å². The Hall–Kier alpha value is -4.33. The molecule has 0 aliphatic heterocycles. The summed E-state index contributed by atoms with van der Waals surface area (Å²) in [6, 6.07) is 20.8. The number of methoxy groups -OCH3 is 2. The zero-order valence-corrected chi connectivity index (χ0v) is 18.5. The van der Waals surface area contributed by atoms with E-state index in [1.165, 1.54) is 6.33 Å². The topological polar surface area (TPSA) is 97.4 Å². The van der Waals surface area contributed by atoms with Crippen molar-refractivity contribution in [2.45, 2.75) is 13.1 Å². The van der Waals surface area contributed by atoms with Crippen molar-refractivity contribution in [1.29, 1.82) is 0 Å². The molecule has 8 nitrogen and oxygen atoms in total. The van der Waals surface area contributed by atoms with Crippen LogP contribution in [0.5, 0.6) is 11.5 Å². The predicted octanol–water partition coefficient (Wildman–Crippen LogP) is 4.58. The molecule has 0 aliphatic rings. The van der Waals surface area contributed by atoms with Gasteiger partial charge in [-0.15, -0.1) is 0 Å². The molecule has 0 radical (unpaired) electrons. The summed E-state index contributed by atoms with van der Waals surface area (Å²) in [6.45, 7) is 0.977. The molecule has 33 heavy (non-hydrogen) atoms. The largest absolute Gasteiger partial charge is 0.493 e. The van der Waals surface area contributed by atoms with Crippen LogP contribution in [0.25, 0.3) is 10.9 Å². The summed E-state index contributed by atoms with van der Waals surface area (Å²) in [5, 5.41) is 9.90. The fraction of sp³-hybridized carbons (Fsp3) is 0.160. The first kappa shape index (κ1) is 21.9. The number of ether oxygens (including phenoxy) is 2. The highest BCUT2D eigenvalue weighted by molar-refractivity contribution is 5.91. The molecule has 0 spiro atoms. The zero-order valence-electron chi connectivity index (χ0n) is 18.5. The van der Waals surface area contributed by atoms with Crippen LogP contribution in [0.2, 0.25) is 0 Å². The predicted molar refractivity (Wildman–Crippen MR) is 129 cm³/mol. The SMILES string of the molecule is COc1cc2ncnc(NCc3cccc(NC(=O)NCc4ccccc4)c3)c2cc1OC. The Balaban J connectivity index is 1.41. The van der Waals surface area contributed by atoms with Crippen LogP contribution in [0.3, 0.4) is 0 Å². The number of hydrogen-bond donors (Lipinski definition) is 3. The first-order valence-electron chi connectivity index (χ1n) is 10.4. The molecular formula is C25H25N5O3. The van der Waals surface area contributed by atoms with Crippen molar-refractivity contribution < 1.29 is 14.3 Å². The second-order valence-electron chi connectivity index (χ2n) is 7.29. The Kier molecular flexibility index (Phi) is 6.84. The van der Waals surface area contributed by atoms with Crippen LogP contribution in [-0.2, 0) is 13.1 Å². The molecule has 1 aromatic heterocycles. The molecule has 1 heterocycles. The molecule has 0 aliphatic carbocycles. The Bertz CT molecular complexity index is 1250. The lowest BCUT2D eigenvalue weighted by molar-refractivity contribution is 0.251. The van der Waals surface area contributed by atoms with Crippen LogP contribution >= 0.6 is 0 Å². The van der Waals surface area contributed by atoms with Crippen LogP contribution in [0.4, 0.5) is 16.3 Å². The number of urea groups is 1. The van der Waals surface area contributed by atoms with Crippen molar-refractivity contribution >= 4 is 28.4 Å². The highest BCUT2D eigenvalue weighted by Gasteiger charge is 2.11. The van der Waals surface area contributed by atoms with Gasteiger partial charge in [-0.2, -0.15) is 0 Å². The van der Waals surface area contributed by atoms with Crippen molar-refractivity contribution in [3.05, 3.63) is 84.2 Å². The third kappa shape index (κ3) is 5.48. The standard InChI is InChI=1S/C25H25N5O3/c1-32-22-12-20-21(13-23(22)33-2)28-16-29-24(20)26-15-18-9-6-10-19(11-18)30-25(31)27-14-17-7-4-3-5-8-17/h3-13,16H,14-15H2,1-2H3,(H,26,28,29)(H2,27,30,31). The number of aromatic nitrogens is 2. The van der Waals surface area contributed by atoms with E-state index in [0.29, 0.717) is 36.1 Å². The van der Waals surface area contributed by atoms with Gasteiger partial charge in [-0.05, 0) is 29.3 Å². The van der Waals surface area contributed by atoms with Gasteiger partial charge < -0.3 is 25.4 Å². The van der Waals surface area contributed by atoms with E-state index in [0.717, 1.165) is 22.0 Å². The van der Waals surface area contributed by atoms with Crippen LogP contribution in [0.15, 0.2) is 73.1 Å². The first-order chi connectivity index (χ1) is 16.2. The van der Waals surface area contributed by atoms with Gasteiger partial charge in [0.25, 0.3) is 0 Å². The lowest BCUT2D eigenvalue weighted by Crippen LogP contribution is -2.28. The normalized spacial score (nSPS) is 10.5. The van der Waals surface area contributed by atoms with Gasteiger partial charge in [-0.25, -0.2) is 14.8 Å². The summed E-state index contributed by atoms with van der Waals surface area (Å²) in [5.74, 6) is 1.90. The number of benzene rings is 3. The molecule has 168 valence electrons. The maximum absolute atomic E-state index is 12.3. The first-order valence-corrected chi connectivity index (χ1v) is 10.4. The third-order valence-electron chi connectivity index (χ3n) is 5.08. The number of nitrogens with zero attached hydrogens (tertiary/aromatic N) is 2. The highest BCUT2D eigenvalue weighted by Crippen LogP contribution is 2.33. The van der Waals surface area contributed by atoms with Crippen molar-refractivity contribution in [3.63, 3.8) is 0 Å². The summed E-state index contributed by atoms with van der Waals surface area (Å²) in [7, 11) is 3.18. The Morgan fingerprint density at radius 1 is 0.848 bits per heavy atom. The van der Waals surface area contributed by atoms with E-state index >= 15 is 0 Å². The van der Waals surface area contributed by atoms with Gasteiger partial charge in [0, 0.05) is 30.2 Å². The molecular weight excluding hydrogens is 418 g/mol. The number of carbonyl (C=O) groups excluding carboxylic acids is 1. The molecule has 0 saturated heterocycles. The summed E-state index contributed by atoms with van der Waals surface area (Å²) in [5.41, 5.74) is 3.48. The molecule has 0 fully saturated rings. The van der Waals surface area contributed by atoms with Gasteiger partial charge in [0.2, 0.25) is 0 Å². The Morgan fingerprint density at radius 3 is 2.39 bits per heavy atom. The number of rotatable bonds is 8. The maximum Gasteiger partial charge on any atom is 0.319 e. The lowest BCUT2D eigenvalue weighted by atomic mass is 10.1. The number of carbonyl (C=O) groups is 1. The number of hydrogen-bond acceptors (Lipinski definition) is 6. The second-order valence-corrected chi connectivity index (χ2v) is 7.29. The summed E-state index contributed by atoms with van der Waals surface area (Å²) in [6.07, 6.45) is 1.51. The van der Waals surface area contributed by atoms with Gasteiger partial charge >= 0.3 is 6.03 Å². The van der Waals surface area contributed by atoms with E-state index < -0.39 is 0 Å². The molecule has 4 rings (SSSR count). The molecule has 3 N–H and O–H groups in total. The van der Waals surface area contributed by atoms with Crippen molar-refractivity contribution in [1.82, 2.24) is 15.3 Å². The van der Waals surface area contributed by atoms with Gasteiger partial charge in [0.1, 0.15) is 12.1 Å². The minimum Gasteiger partial charge on any atom is -0.493 e. The number of amides is 2. The van der Waals surface area contributed by atoms with E-state index in [2.05, 4.69) is 25.9 Å². The van der Waals surface area contributed by atoms with Gasteiger partial charge in [0.15, 0.2) is 11.5 Å². The Morgan fingerprint density at radius 2 is 1.61 bits per heavy atom. The monoisotopic (exact) mass is 443 g/mol. The molecule has 4 aromatic rings. The van der Waals surface area contributed by atoms with E-state index in [9.17, 15) is 4.79 Å². The summed E-state index contributed by atoms with van der Waals surface area (Å²) < 4.78 is 10.8. The third-order valence-corrected chi connectivity index (χ3v) is 5.08. The van der Waals surface area contributed by atoms with Gasteiger partial charge in [-0.3, -0.25) is 0 Å². The fourth-order valence-electron chi connectivity index (χ4n) is 3.42. The average Bonchev–Trinajstić information content (AvgIpc) is 2.86. The number of fused-ring (bicyclic) bond motifs is 1. The quantitative estimate of drug-likeness (QED) is 0.369. The van der Waals surface area contributed by atoms with Crippen molar-refractivity contribution in [2.75, 3.05) is 24.9 Å². The molecule has 0 atom stereocenters. The Labute approximate surface area is 192 Å². The molecule has 0 unspecified atom stereocenters. The van der Waals surface area contributed by atoms with E-state index in [-0.39, 0.29) is 6.03 Å². The van der Waals surface area contributed by atoms with E-state index in [1.807, 2.05) is 66.7 Å². The maximum atomic E-state index is 12.3. The molecule has 0 bridgehead atoms. The minimum absolute atomic E-state index is 0.258. The van der Waals surface area contributed by atoms with Crippen LogP contribution in [-0.4, -0.2) is 30.2 Å². The summed E-state index contributed by atoms with van der Waals surface area (Å²) in [4.78, 5) is 21.0. The molecule has 0 saturated carbocycles. The van der Waals surface area contributed by atoms with Gasteiger partial charge in [-0.1, -0.05) is 42.5 Å². The fourth-order valence-corrected chi connectivity index (χ4v) is 3.42. The van der Waals surface area contributed by atoms with E-state index in [4.69, 9.17) is 9.47 Å². The molecule has 2 amide bonds. The van der Waals surface area contributed by atoms with Crippen LogP contribution < -0.4 is 25.4 Å². The zero-order chi connectivity index (χ0) is 23.0. The number of anilines is 2. The second kappa shape index (κ2) is 10.3. The average molecular weight is 444 g/mol. The molecule has 3 aromatic carbocycles. The lowest BCUT2D eigenvalue weighted by Gasteiger charge is -2.13. The summed E-state index contributed by atoms with van der Waals surface area (Å²) >= 11 is 0. The molecule has 8 heteroatoms. The minimum atomic E-state index is -0.258. The highest BCUT2D eigenvalue weighted by atomic mass is 16.5. The van der Waals surface area contributed by atoms with Crippen LogP contribution in [0.1, 0.15) is 11.1 Å². The van der Waals surface area contributed by atoms with Crippen molar-refractivity contribution in [2.24, 2.45) is 0 Å². The smallest absolute Gasteiger partial charge is 0.319 e.